The van der Waals surface area contributed by atoms with Gasteiger partial charge in [-0.3, -0.25) is 14.5 Å². The van der Waals surface area contributed by atoms with Gasteiger partial charge < -0.3 is 10.3 Å². The number of hydrogen-bond donors (Lipinski definition) is 2. The highest BCUT2D eigenvalue weighted by molar-refractivity contribution is 6.10. The first-order chi connectivity index (χ1) is 9.83. The Hall–Kier alpha value is -2.11. The maximum atomic E-state index is 12.4. The molecule has 1 aromatic rings. The third kappa shape index (κ3) is 3.15. The van der Waals surface area contributed by atoms with Gasteiger partial charge in [0.05, 0.1) is 12.2 Å². The molecule has 1 saturated heterocycles. The minimum atomic E-state index is -0.905. The van der Waals surface area contributed by atoms with Crippen molar-refractivity contribution < 1.29 is 14.4 Å². The molecular weight excluding hydrogens is 270 g/mol. The molecule has 2 rings (SSSR count). The Balaban J connectivity index is 2.06. The molecule has 6 nitrogen and oxygen atoms in total. The van der Waals surface area contributed by atoms with Crippen LogP contribution in [-0.4, -0.2) is 39.7 Å². The Labute approximate surface area is 123 Å². The van der Waals surface area contributed by atoms with Gasteiger partial charge in [-0.2, -0.15) is 0 Å². The maximum absolute atomic E-state index is 12.4. The second-order valence-electron chi connectivity index (χ2n) is 6.09. The second kappa shape index (κ2) is 5.71. The summed E-state index contributed by atoms with van der Waals surface area (Å²) < 4.78 is 0. The van der Waals surface area contributed by atoms with Crippen LogP contribution >= 0.6 is 0 Å². The smallest absolute Gasteiger partial charge is 0.325 e. The van der Waals surface area contributed by atoms with Crippen LogP contribution in [0.5, 0.6) is 0 Å². The van der Waals surface area contributed by atoms with Gasteiger partial charge in [-0.05, 0) is 37.8 Å². The van der Waals surface area contributed by atoms with Crippen molar-refractivity contribution in [3.63, 3.8) is 0 Å². The molecular formula is C15H21N3O3. The summed E-state index contributed by atoms with van der Waals surface area (Å²) in [4.78, 5) is 40.2. The number of H-pyrrole nitrogens is 1. The van der Waals surface area contributed by atoms with Gasteiger partial charge in [-0.15, -0.1) is 0 Å². The highest BCUT2D eigenvalue weighted by atomic mass is 16.2. The molecule has 0 aromatic carbocycles. The van der Waals surface area contributed by atoms with Crippen molar-refractivity contribution in [2.24, 2.45) is 5.92 Å². The Morgan fingerprint density at radius 1 is 1.38 bits per heavy atom. The highest BCUT2D eigenvalue weighted by Crippen LogP contribution is 2.24. The number of amides is 3. The second-order valence-corrected chi connectivity index (χ2v) is 6.09. The monoisotopic (exact) mass is 291 g/mol. The predicted octanol–water partition coefficient (Wildman–Crippen LogP) is 1.94. The molecule has 6 heteroatoms. The zero-order valence-electron chi connectivity index (χ0n) is 12.6. The topological polar surface area (TPSA) is 82.3 Å². The van der Waals surface area contributed by atoms with Crippen molar-refractivity contribution in [3.05, 3.63) is 24.0 Å². The van der Waals surface area contributed by atoms with E-state index in [-0.39, 0.29) is 18.2 Å². The van der Waals surface area contributed by atoms with Crippen molar-refractivity contribution >= 4 is 17.7 Å². The molecule has 0 bridgehead atoms. The van der Waals surface area contributed by atoms with Crippen LogP contribution in [0.3, 0.4) is 0 Å². The number of nitrogens with zero attached hydrogens (tertiary/aromatic N) is 1. The number of carbonyl (C=O) groups is 3. The van der Waals surface area contributed by atoms with E-state index in [1.807, 2.05) is 0 Å². The van der Waals surface area contributed by atoms with Gasteiger partial charge in [0.2, 0.25) is 0 Å². The van der Waals surface area contributed by atoms with E-state index < -0.39 is 11.6 Å². The summed E-state index contributed by atoms with van der Waals surface area (Å²) in [6, 6.07) is 2.83. The van der Waals surface area contributed by atoms with Crippen LogP contribution in [0.25, 0.3) is 0 Å². The van der Waals surface area contributed by atoms with Crippen LogP contribution in [0.15, 0.2) is 18.3 Å². The molecule has 1 fully saturated rings. The zero-order chi connectivity index (χ0) is 15.6. The average Bonchev–Trinajstić information content (AvgIpc) is 3.01. The van der Waals surface area contributed by atoms with E-state index in [1.165, 1.54) is 0 Å². The van der Waals surface area contributed by atoms with E-state index in [2.05, 4.69) is 24.1 Å². The Bertz CT molecular complexity index is 551. The fraction of sp³-hybridized carbons (Fsp3) is 0.533. The lowest BCUT2D eigenvalue weighted by atomic mass is 9.92. The minimum absolute atomic E-state index is 0.234. The Morgan fingerprint density at radius 3 is 2.67 bits per heavy atom. The van der Waals surface area contributed by atoms with Crippen molar-refractivity contribution in [2.75, 3.05) is 6.54 Å². The van der Waals surface area contributed by atoms with Crippen LogP contribution in [0.1, 0.15) is 44.1 Å². The van der Waals surface area contributed by atoms with E-state index in [1.54, 1.807) is 25.3 Å². The SMILES string of the molecule is CC(C)CC[C@]1(C)NC(=O)N(CC(=O)c2ccc[nH]2)C1=O. The first kappa shape index (κ1) is 15.3. The number of nitrogens with one attached hydrogen (secondary N) is 2. The normalized spacial score (nSPS) is 22.0. The summed E-state index contributed by atoms with van der Waals surface area (Å²) in [6.45, 7) is 5.62. The number of aromatic amines is 1. The van der Waals surface area contributed by atoms with Crippen molar-refractivity contribution in [1.29, 1.82) is 0 Å². The largest absolute Gasteiger partial charge is 0.359 e. The molecule has 0 radical (unpaired) electrons. The third-order valence-corrected chi connectivity index (χ3v) is 3.77. The quantitative estimate of drug-likeness (QED) is 0.620. The fourth-order valence-corrected chi connectivity index (χ4v) is 2.37. The van der Waals surface area contributed by atoms with E-state index in [9.17, 15) is 14.4 Å². The van der Waals surface area contributed by atoms with Crippen molar-refractivity contribution in [1.82, 2.24) is 15.2 Å². The van der Waals surface area contributed by atoms with E-state index in [4.69, 9.17) is 0 Å². The zero-order valence-corrected chi connectivity index (χ0v) is 12.6. The molecule has 1 aliphatic rings. The number of imide groups is 1. The Kier molecular flexibility index (Phi) is 4.16. The maximum Gasteiger partial charge on any atom is 0.325 e. The lowest BCUT2D eigenvalue weighted by Crippen LogP contribution is -2.44. The van der Waals surface area contributed by atoms with Gasteiger partial charge in [0, 0.05) is 6.20 Å². The van der Waals surface area contributed by atoms with E-state index in [0.717, 1.165) is 11.3 Å². The van der Waals surface area contributed by atoms with Crippen LogP contribution in [0, 0.1) is 5.92 Å². The summed E-state index contributed by atoms with van der Waals surface area (Å²) in [5.41, 5.74) is -0.511. The fourth-order valence-electron chi connectivity index (χ4n) is 2.37. The molecule has 0 spiro atoms. The van der Waals surface area contributed by atoms with Gasteiger partial charge in [0.1, 0.15) is 5.54 Å². The molecule has 2 heterocycles. The molecule has 2 N–H and O–H groups in total. The molecule has 0 unspecified atom stereocenters. The van der Waals surface area contributed by atoms with Crippen molar-refractivity contribution in [3.8, 4) is 0 Å². The lowest BCUT2D eigenvalue weighted by molar-refractivity contribution is -0.130. The summed E-state index contributed by atoms with van der Waals surface area (Å²) in [5.74, 6) is -0.161. The molecule has 114 valence electrons. The van der Waals surface area contributed by atoms with Crippen LogP contribution in [0.2, 0.25) is 0 Å². The first-order valence-corrected chi connectivity index (χ1v) is 7.14. The highest BCUT2D eigenvalue weighted by Gasteiger charge is 2.47. The third-order valence-electron chi connectivity index (χ3n) is 3.77. The molecule has 0 aliphatic carbocycles. The lowest BCUT2D eigenvalue weighted by Gasteiger charge is -2.22. The van der Waals surface area contributed by atoms with Gasteiger partial charge >= 0.3 is 6.03 Å². The van der Waals surface area contributed by atoms with Gasteiger partial charge in [0.25, 0.3) is 5.91 Å². The van der Waals surface area contributed by atoms with Crippen LogP contribution in [0.4, 0.5) is 4.79 Å². The van der Waals surface area contributed by atoms with Gasteiger partial charge in [-0.1, -0.05) is 13.8 Å². The minimum Gasteiger partial charge on any atom is -0.359 e. The predicted molar refractivity (Wildman–Crippen MR) is 77.8 cm³/mol. The van der Waals surface area contributed by atoms with Crippen LogP contribution < -0.4 is 5.32 Å². The number of ketones is 1. The number of Topliss-reactive ketones (excluding diaryl/α,β-unsaturated/α-hetero) is 1. The van der Waals surface area contributed by atoms with E-state index in [0.29, 0.717) is 18.0 Å². The summed E-state index contributed by atoms with van der Waals surface area (Å²) in [7, 11) is 0. The first-order valence-electron chi connectivity index (χ1n) is 7.14. The number of carbonyl (C=O) groups excluding carboxylic acids is 3. The molecule has 1 aromatic heterocycles. The van der Waals surface area contributed by atoms with E-state index >= 15 is 0 Å². The standard InChI is InChI=1S/C15H21N3O3/c1-10(2)6-7-15(3)13(20)18(14(21)17-15)9-12(19)11-5-4-8-16-11/h4-5,8,10,16H,6-7,9H2,1-3H3,(H,17,21)/t15-/m0/s1. The number of urea groups is 1. The molecule has 0 saturated carbocycles. The molecule has 1 atom stereocenters. The summed E-state index contributed by atoms with van der Waals surface area (Å²) in [6.07, 6.45) is 3.04. The average molecular weight is 291 g/mol. The van der Waals surface area contributed by atoms with Crippen LogP contribution in [-0.2, 0) is 4.79 Å². The number of hydrogen-bond acceptors (Lipinski definition) is 3. The molecule has 21 heavy (non-hydrogen) atoms. The number of aromatic nitrogens is 1. The molecule has 1 aliphatic heterocycles. The number of rotatable bonds is 6. The summed E-state index contributed by atoms with van der Waals surface area (Å²) in [5, 5.41) is 2.71. The van der Waals surface area contributed by atoms with Crippen molar-refractivity contribution in [2.45, 2.75) is 39.2 Å². The van der Waals surface area contributed by atoms with Gasteiger partial charge in [-0.25, -0.2) is 4.79 Å². The summed E-state index contributed by atoms with van der Waals surface area (Å²) >= 11 is 0. The Morgan fingerprint density at radius 2 is 2.10 bits per heavy atom. The van der Waals surface area contributed by atoms with Gasteiger partial charge in [0.15, 0.2) is 5.78 Å². The molecule has 3 amide bonds.